The minimum absolute atomic E-state index is 0.0368. The molecule has 0 radical (unpaired) electrons. The van der Waals surface area contributed by atoms with Gasteiger partial charge in [-0.15, -0.1) is 0 Å². The summed E-state index contributed by atoms with van der Waals surface area (Å²) in [5.74, 6) is -3.82. The first kappa shape index (κ1) is 37.2. The molecule has 2 unspecified atom stereocenters. The van der Waals surface area contributed by atoms with Gasteiger partial charge in [0.25, 0.3) is 11.8 Å². The van der Waals surface area contributed by atoms with E-state index in [2.05, 4.69) is 31.2 Å². The van der Waals surface area contributed by atoms with E-state index in [4.69, 9.17) is 0 Å². The monoisotopic (exact) mass is 671 g/mol. The molecule has 14 nitrogen and oxygen atoms in total. The van der Waals surface area contributed by atoms with Crippen molar-refractivity contribution in [2.24, 2.45) is 23.2 Å². The molecular weight excluding hydrogens is 618 g/mol. The van der Waals surface area contributed by atoms with Crippen LogP contribution in [-0.4, -0.2) is 103 Å². The van der Waals surface area contributed by atoms with Gasteiger partial charge < -0.3 is 36.4 Å². The van der Waals surface area contributed by atoms with Crippen LogP contribution in [-0.2, 0) is 19.2 Å². The average Bonchev–Trinajstić information content (AvgIpc) is 3.67. The molecule has 4 rings (SSSR count). The molecule has 0 spiro atoms. The van der Waals surface area contributed by atoms with Gasteiger partial charge in [-0.2, -0.15) is 0 Å². The molecule has 8 atom stereocenters. The van der Waals surface area contributed by atoms with Gasteiger partial charge in [-0.05, 0) is 56.3 Å². The summed E-state index contributed by atoms with van der Waals surface area (Å²) < 4.78 is 0. The van der Waals surface area contributed by atoms with Gasteiger partial charge in [0.05, 0.1) is 17.8 Å². The van der Waals surface area contributed by atoms with E-state index in [-0.39, 0.29) is 30.1 Å². The first-order chi connectivity index (χ1) is 22.5. The molecule has 1 saturated heterocycles. The van der Waals surface area contributed by atoms with Crippen LogP contribution in [0, 0.1) is 23.2 Å². The summed E-state index contributed by atoms with van der Waals surface area (Å²) in [5.41, 5.74) is -1.88. The Labute approximate surface area is 282 Å². The Morgan fingerprint density at radius 2 is 1.73 bits per heavy atom. The van der Waals surface area contributed by atoms with Gasteiger partial charge in [0.2, 0.25) is 17.7 Å². The second-order valence-electron chi connectivity index (χ2n) is 15.3. The lowest BCUT2D eigenvalue weighted by Crippen LogP contribution is -2.62. The number of hydrogen-bond acceptors (Lipinski definition) is 9. The molecule has 3 aliphatic rings. The van der Waals surface area contributed by atoms with E-state index in [1.54, 1.807) is 41.5 Å². The summed E-state index contributed by atoms with van der Waals surface area (Å²) >= 11 is 0. The van der Waals surface area contributed by atoms with E-state index in [1.807, 2.05) is 6.92 Å². The molecule has 1 aromatic rings. The number of fused-ring (bicyclic) bond motifs is 1. The summed E-state index contributed by atoms with van der Waals surface area (Å²) in [6, 6.07) is -3.93. The topological polar surface area (TPSA) is 203 Å². The Balaban J connectivity index is 1.58. The third-order valence-corrected chi connectivity index (χ3v) is 9.92. The standard InChI is InChI=1S/C34H53N7O7/c1-8-9-22(26(42)31(46)37-19-10-11-19)38-30(45)25-20-12-13-34(7,48)21(20)17-41(25)32(47)27(33(4,5)6)40-29(44)24(18(2)3)39-28(43)23-16-35-14-15-36-23/h14-16,18-22,24-27,42,48H,8-13,17H2,1-7H3,(H,37,46)(H,38,45)(H,39,43)(H,40,44)/t20-,21-,22?,24+,25-,26?,27+,34+/m0/s1. The van der Waals surface area contributed by atoms with Crippen molar-refractivity contribution in [1.82, 2.24) is 36.1 Å². The van der Waals surface area contributed by atoms with Crippen LogP contribution in [0.3, 0.4) is 0 Å². The molecule has 0 bridgehead atoms. The third kappa shape index (κ3) is 8.49. The summed E-state index contributed by atoms with van der Waals surface area (Å²) in [7, 11) is 0. The Morgan fingerprint density at radius 1 is 1.04 bits per heavy atom. The maximum Gasteiger partial charge on any atom is 0.272 e. The maximum atomic E-state index is 14.5. The molecular formula is C34H53N7O7. The van der Waals surface area contributed by atoms with Gasteiger partial charge in [-0.25, -0.2) is 4.98 Å². The minimum atomic E-state index is -1.46. The SMILES string of the molecule is CCCC(NC(=O)[C@@H]1[C@H]2CC[C@@](C)(O)[C@H]2CN1C(=O)[C@@H](NC(=O)[C@H](NC(=O)c1cnccn1)C(C)C)C(C)(C)C)C(O)C(=O)NC1CC1. The summed E-state index contributed by atoms with van der Waals surface area (Å²) in [6.45, 7) is 12.6. The van der Waals surface area contributed by atoms with Gasteiger partial charge >= 0.3 is 0 Å². The van der Waals surface area contributed by atoms with Crippen LogP contribution in [0.1, 0.15) is 97.5 Å². The maximum absolute atomic E-state index is 14.5. The fraction of sp³-hybridized carbons (Fsp3) is 0.735. The van der Waals surface area contributed by atoms with Crippen LogP contribution >= 0.6 is 0 Å². The number of nitrogens with zero attached hydrogens (tertiary/aromatic N) is 3. The molecule has 266 valence electrons. The largest absolute Gasteiger partial charge is 0.390 e. The zero-order valence-corrected chi connectivity index (χ0v) is 29.2. The first-order valence-electron chi connectivity index (χ1n) is 17.1. The quantitative estimate of drug-likeness (QED) is 0.174. The number of hydrogen-bond donors (Lipinski definition) is 6. The molecule has 2 aliphatic carbocycles. The number of aliphatic hydroxyl groups excluding tert-OH is 1. The van der Waals surface area contributed by atoms with Crippen LogP contribution < -0.4 is 21.3 Å². The molecule has 1 aromatic heterocycles. The van der Waals surface area contributed by atoms with Crippen molar-refractivity contribution in [1.29, 1.82) is 0 Å². The molecule has 5 amide bonds. The van der Waals surface area contributed by atoms with Crippen LogP contribution in [0.2, 0.25) is 0 Å². The lowest BCUT2D eigenvalue weighted by Gasteiger charge is -2.38. The fourth-order valence-electron chi connectivity index (χ4n) is 6.93. The van der Waals surface area contributed by atoms with Crippen LogP contribution in [0.4, 0.5) is 0 Å². The molecule has 0 aromatic carbocycles. The molecule has 6 N–H and O–H groups in total. The Bertz CT molecular complexity index is 1340. The first-order valence-corrected chi connectivity index (χ1v) is 17.1. The molecule has 3 fully saturated rings. The predicted octanol–water partition coefficient (Wildman–Crippen LogP) is 0.674. The number of likely N-dealkylation sites (tertiary alicyclic amines) is 1. The molecule has 2 saturated carbocycles. The highest BCUT2D eigenvalue weighted by Crippen LogP contribution is 2.48. The Kier molecular flexibility index (Phi) is 11.5. The molecule has 2 heterocycles. The van der Waals surface area contributed by atoms with Gasteiger partial charge in [0.15, 0.2) is 6.10 Å². The fourth-order valence-corrected chi connectivity index (χ4v) is 6.93. The second kappa shape index (κ2) is 14.9. The van der Waals surface area contributed by atoms with E-state index in [0.717, 1.165) is 12.8 Å². The number of aromatic nitrogens is 2. The van der Waals surface area contributed by atoms with Gasteiger partial charge in [-0.1, -0.05) is 48.0 Å². The van der Waals surface area contributed by atoms with E-state index in [1.165, 1.54) is 23.5 Å². The number of amides is 5. The number of nitrogens with one attached hydrogen (secondary N) is 4. The van der Waals surface area contributed by atoms with Crippen molar-refractivity contribution < 1.29 is 34.2 Å². The van der Waals surface area contributed by atoms with Crippen LogP contribution in [0.15, 0.2) is 18.6 Å². The highest BCUT2D eigenvalue weighted by Gasteiger charge is 2.58. The number of carbonyl (C=O) groups excluding carboxylic acids is 5. The van der Waals surface area contributed by atoms with Gasteiger partial charge in [-0.3, -0.25) is 29.0 Å². The lowest BCUT2D eigenvalue weighted by atomic mass is 9.84. The van der Waals surface area contributed by atoms with E-state index in [0.29, 0.717) is 25.7 Å². The van der Waals surface area contributed by atoms with Gasteiger partial charge in [0.1, 0.15) is 23.8 Å². The number of aliphatic hydroxyl groups is 2. The zero-order chi connectivity index (χ0) is 35.6. The third-order valence-electron chi connectivity index (χ3n) is 9.92. The van der Waals surface area contributed by atoms with Crippen molar-refractivity contribution >= 4 is 29.5 Å². The highest BCUT2D eigenvalue weighted by atomic mass is 16.3. The lowest BCUT2D eigenvalue weighted by molar-refractivity contribution is -0.146. The smallest absolute Gasteiger partial charge is 0.272 e. The summed E-state index contributed by atoms with van der Waals surface area (Å²) in [6.07, 6.45) is 6.22. The molecule has 14 heteroatoms. The van der Waals surface area contributed by atoms with Crippen molar-refractivity contribution in [3.63, 3.8) is 0 Å². The van der Waals surface area contributed by atoms with Crippen LogP contribution in [0.5, 0.6) is 0 Å². The summed E-state index contributed by atoms with van der Waals surface area (Å²) in [4.78, 5) is 77.4. The molecule has 48 heavy (non-hydrogen) atoms. The van der Waals surface area contributed by atoms with E-state index in [9.17, 15) is 34.2 Å². The zero-order valence-electron chi connectivity index (χ0n) is 29.2. The van der Waals surface area contributed by atoms with Gasteiger partial charge in [0, 0.05) is 30.9 Å². The minimum Gasteiger partial charge on any atom is -0.390 e. The number of rotatable bonds is 13. The second-order valence-corrected chi connectivity index (χ2v) is 15.3. The predicted molar refractivity (Wildman–Crippen MR) is 176 cm³/mol. The van der Waals surface area contributed by atoms with Crippen molar-refractivity contribution in [3.8, 4) is 0 Å². The van der Waals surface area contributed by atoms with Crippen molar-refractivity contribution in [3.05, 3.63) is 24.3 Å². The van der Waals surface area contributed by atoms with Crippen molar-refractivity contribution in [2.45, 2.75) is 129 Å². The Hall–Kier alpha value is -3.65. The number of carbonyl (C=O) groups is 5. The highest BCUT2D eigenvalue weighted by molar-refractivity contribution is 5.98. The molecule has 1 aliphatic heterocycles. The van der Waals surface area contributed by atoms with Crippen molar-refractivity contribution in [2.75, 3.05) is 6.54 Å². The normalized spacial score (nSPS) is 26.2. The van der Waals surface area contributed by atoms with E-state index < -0.39 is 76.7 Å². The van der Waals surface area contributed by atoms with Crippen LogP contribution in [0.25, 0.3) is 0 Å². The average molecular weight is 672 g/mol. The van der Waals surface area contributed by atoms with E-state index >= 15 is 0 Å². The summed E-state index contributed by atoms with van der Waals surface area (Å²) in [5, 5.41) is 33.4. The Morgan fingerprint density at radius 3 is 2.29 bits per heavy atom.